The van der Waals surface area contributed by atoms with Crippen LogP contribution in [-0.4, -0.2) is 71.1 Å². The molecule has 32 heavy (non-hydrogen) atoms. The van der Waals surface area contributed by atoms with Gasteiger partial charge in [-0.25, -0.2) is 4.68 Å². The third kappa shape index (κ3) is 4.46. The molecule has 1 aromatic carbocycles. The summed E-state index contributed by atoms with van der Waals surface area (Å²) in [5, 5.41) is 13.3. The Balaban J connectivity index is 1.85. The highest BCUT2D eigenvalue weighted by atomic mass is 16.5. The maximum absolute atomic E-state index is 13.3. The molecule has 172 valence electrons. The van der Waals surface area contributed by atoms with Gasteiger partial charge in [0.05, 0.1) is 32.9 Å². The van der Waals surface area contributed by atoms with Crippen LogP contribution in [0.3, 0.4) is 0 Å². The van der Waals surface area contributed by atoms with Crippen LogP contribution in [-0.2, 0) is 11.3 Å². The van der Waals surface area contributed by atoms with Gasteiger partial charge in [0.1, 0.15) is 6.04 Å². The molecule has 1 N–H and O–H groups in total. The fraction of sp³-hybridized carbons (Fsp3) is 0.545. The van der Waals surface area contributed by atoms with E-state index in [2.05, 4.69) is 25.4 Å². The maximum atomic E-state index is 13.3. The first kappa shape index (κ1) is 22.2. The summed E-state index contributed by atoms with van der Waals surface area (Å²) in [5.41, 5.74) is 1.13. The molecule has 1 aliphatic heterocycles. The molecule has 10 nitrogen and oxygen atoms in total. The van der Waals surface area contributed by atoms with Gasteiger partial charge in [0.25, 0.3) is 5.56 Å². The topological polar surface area (TPSA) is 107 Å². The highest BCUT2D eigenvalue weighted by Crippen LogP contribution is 2.33. The number of nitrogens with zero attached hydrogens (tertiary/aromatic N) is 5. The van der Waals surface area contributed by atoms with Crippen LogP contribution in [0.2, 0.25) is 0 Å². The van der Waals surface area contributed by atoms with Crippen molar-refractivity contribution in [1.82, 2.24) is 30.1 Å². The van der Waals surface area contributed by atoms with Crippen molar-refractivity contribution in [3.05, 3.63) is 39.9 Å². The second-order valence-corrected chi connectivity index (χ2v) is 7.95. The normalized spacial score (nSPS) is 16.1. The maximum Gasteiger partial charge on any atom is 0.253 e. The minimum Gasteiger partial charge on any atom is -0.493 e. The van der Waals surface area contributed by atoms with Gasteiger partial charge in [-0.05, 0) is 48.5 Å². The number of methoxy groups -OCH3 is 3. The summed E-state index contributed by atoms with van der Waals surface area (Å²) >= 11 is 0. The zero-order valence-corrected chi connectivity index (χ0v) is 18.8. The van der Waals surface area contributed by atoms with Crippen LogP contribution in [0.5, 0.6) is 11.5 Å². The van der Waals surface area contributed by atoms with Gasteiger partial charge in [0.2, 0.25) is 0 Å². The molecule has 1 saturated heterocycles. The first-order valence-electron chi connectivity index (χ1n) is 10.9. The molecule has 10 heteroatoms. The van der Waals surface area contributed by atoms with Gasteiger partial charge in [0.15, 0.2) is 17.3 Å². The Bertz CT molecular complexity index is 1100. The van der Waals surface area contributed by atoms with Crippen LogP contribution in [0, 0.1) is 0 Å². The quantitative estimate of drug-likeness (QED) is 0.565. The molecule has 3 heterocycles. The number of tetrazole rings is 1. The van der Waals surface area contributed by atoms with Gasteiger partial charge in [-0.3, -0.25) is 9.69 Å². The van der Waals surface area contributed by atoms with Gasteiger partial charge in [-0.15, -0.1) is 5.10 Å². The summed E-state index contributed by atoms with van der Waals surface area (Å²) < 4.78 is 17.8. The zero-order chi connectivity index (χ0) is 22.5. The van der Waals surface area contributed by atoms with E-state index in [1.165, 1.54) is 12.8 Å². The van der Waals surface area contributed by atoms with E-state index in [4.69, 9.17) is 14.2 Å². The molecule has 3 aromatic rings. The molecule has 1 unspecified atom stereocenters. The number of fused-ring (bicyclic) bond motifs is 1. The lowest BCUT2D eigenvalue weighted by Gasteiger charge is -2.29. The van der Waals surface area contributed by atoms with E-state index in [0.29, 0.717) is 41.6 Å². The van der Waals surface area contributed by atoms with Crippen LogP contribution in [0.15, 0.2) is 23.0 Å². The van der Waals surface area contributed by atoms with Crippen molar-refractivity contribution in [2.75, 3.05) is 41.0 Å². The van der Waals surface area contributed by atoms with Crippen molar-refractivity contribution in [2.24, 2.45) is 0 Å². The summed E-state index contributed by atoms with van der Waals surface area (Å²) in [6, 6.07) is 5.21. The number of nitrogens with one attached hydrogen (secondary N) is 1. The van der Waals surface area contributed by atoms with E-state index < -0.39 is 0 Å². The van der Waals surface area contributed by atoms with Crippen LogP contribution in [0.25, 0.3) is 10.9 Å². The minimum atomic E-state index is -0.360. The molecule has 0 aliphatic carbocycles. The fourth-order valence-corrected chi connectivity index (χ4v) is 4.35. The van der Waals surface area contributed by atoms with Crippen molar-refractivity contribution < 1.29 is 14.2 Å². The molecule has 4 rings (SSSR count). The molecule has 0 amide bonds. The summed E-state index contributed by atoms with van der Waals surface area (Å²) in [6.45, 7) is 2.76. The third-order valence-electron chi connectivity index (χ3n) is 5.99. The van der Waals surface area contributed by atoms with Crippen LogP contribution in [0.4, 0.5) is 0 Å². The first-order valence-corrected chi connectivity index (χ1v) is 10.9. The van der Waals surface area contributed by atoms with E-state index in [9.17, 15) is 4.79 Å². The molecule has 1 aliphatic rings. The lowest BCUT2D eigenvalue weighted by Crippen LogP contribution is -2.36. The van der Waals surface area contributed by atoms with Crippen LogP contribution < -0.4 is 15.0 Å². The zero-order valence-electron chi connectivity index (χ0n) is 18.8. The van der Waals surface area contributed by atoms with Crippen molar-refractivity contribution in [2.45, 2.75) is 38.3 Å². The van der Waals surface area contributed by atoms with Gasteiger partial charge < -0.3 is 19.2 Å². The Hall–Kier alpha value is -2.98. The molecule has 2 aromatic heterocycles. The van der Waals surface area contributed by atoms with Crippen LogP contribution in [0.1, 0.15) is 43.1 Å². The van der Waals surface area contributed by atoms with Crippen molar-refractivity contribution in [3.63, 3.8) is 0 Å². The summed E-state index contributed by atoms with van der Waals surface area (Å²) in [6.07, 6.45) is 4.52. The molecule has 0 spiro atoms. The van der Waals surface area contributed by atoms with E-state index in [0.717, 1.165) is 31.3 Å². The molecule has 1 atom stereocenters. The van der Waals surface area contributed by atoms with E-state index in [1.54, 1.807) is 32.1 Å². The molecule has 0 bridgehead atoms. The SMILES string of the molecule is COCCn1nnnc1C(c1cc2cc(OC)c(OC)cc2[nH]c1=O)N1CCCCCC1. The summed E-state index contributed by atoms with van der Waals surface area (Å²) in [4.78, 5) is 18.7. The van der Waals surface area contributed by atoms with Gasteiger partial charge in [-0.2, -0.15) is 0 Å². The molecular formula is C22H30N6O4. The van der Waals surface area contributed by atoms with Gasteiger partial charge in [0, 0.05) is 24.1 Å². The number of likely N-dealkylation sites (tertiary alicyclic amines) is 1. The number of rotatable bonds is 8. The van der Waals surface area contributed by atoms with Crippen LogP contribution >= 0.6 is 0 Å². The fourth-order valence-electron chi connectivity index (χ4n) is 4.35. The minimum absolute atomic E-state index is 0.166. The van der Waals surface area contributed by atoms with E-state index >= 15 is 0 Å². The number of aromatic nitrogens is 5. The number of aromatic amines is 1. The smallest absolute Gasteiger partial charge is 0.253 e. The largest absolute Gasteiger partial charge is 0.493 e. The highest BCUT2D eigenvalue weighted by molar-refractivity contribution is 5.83. The average Bonchev–Trinajstić information content (AvgIpc) is 3.09. The standard InChI is InChI=1S/C22H30N6O4/c1-30-11-10-28-21(24-25-26-28)20(27-8-6-4-5-7-9-27)16-12-15-13-18(31-2)19(32-3)14-17(15)23-22(16)29/h12-14,20H,4-11H2,1-3H3,(H,23,29). The second-order valence-electron chi connectivity index (χ2n) is 7.95. The highest BCUT2D eigenvalue weighted by Gasteiger charge is 2.31. The van der Waals surface area contributed by atoms with Crippen molar-refractivity contribution in [3.8, 4) is 11.5 Å². The van der Waals surface area contributed by atoms with Crippen molar-refractivity contribution in [1.29, 1.82) is 0 Å². The summed E-state index contributed by atoms with van der Waals surface area (Å²) in [5.74, 6) is 1.82. The number of H-pyrrole nitrogens is 1. The molecule has 0 radical (unpaired) electrons. The van der Waals surface area contributed by atoms with E-state index in [-0.39, 0.29) is 11.6 Å². The number of pyridine rings is 1. The Morgan fingerprint density at radius 1 is 1.03 bits per heavy atom. The lowest BCUT2D eigenvalue weighted by molar-refractivity contribution is 0.175. The number of benzene rings is 1. The lowest BCUT2D eigenvalue weighted by atomic mass is 10.0. The first-order chi connectivity index (χ1) is 15.7. The molecular weight excluding hydrogens is 412 g/mol. The Kier molecular flexibility index (Phi) is 7.01. The number of hydrogen-bond donors (Lipinski definition) is 1. The molecule has 1 fully saturated rings. The predicted octanol–water partition coefficient (Wildman–Crippen LogP) is 2.14. The van der Waals surface area contributed by atoms with Gasteiger partial charge in [-0.1, -0.05) is 12.8 Å². The molecule has 0 saturated carbocycles. The third-order valence-corrected chi connectivity index (χ3v) is 5.99. The average molecular weight is 443 g/mol. The Morgan fingerprint density at radius 2 is 1.75 bits per heavy atom. The predicted molar refractivity (Wildman–Crippen MR) is 119 cm³/mol. The monoisotopic (exact) mass is 442 g/mol. The number of hydrogen-bond acceptors (Lipinski definition) is 8. The van der Waals surface area contributed by atoms with Crippen molar-refractivity contribution >= 4 is 10.9 Å². The van der Waals surface area contributed by atoms with E-state index in [1.807, 2.05) is 12.1 Å². The summed E-state index contributed by atoms with van der Waals surface area (Å²) in [7, 11) is 4.82. The number of ether oxygens (including phenoxy) is 3. The Morgan fingerprint density at radius 3 is 2.44 bits per heavy atom. The Labute approximate surface area is 186 Å². The van der Waals surface area contributed by atoms with Gasteiger partial charge >= 0.3 is 0 Å². The second kappa shape index (κ2) is 10.1.